The summed E-state index contributed by atoms with van der Waals surface area (Å²) in [5.41, 5.74) is 1.73. The summed E-state index contributed by atoms with van der Waals surface area (Å²) in [7, 11) is 0. The van der Waals surface area contributed by atoms with Crippen LogP contribution in [0.1, 0.15) is 36.0 Å². The van der Waals surface area contributed by atoms with Gasteiger partial charge in [-0.15, -0.1) is 0 Å². The van der Waals surface area contributed by atoms with Gasteiger partial charge in [0.15, 0.2) is 0 Å². The zero-order valence-corrected chi connectivity index (χ0v) is 16.9. The molecule has 4 rings (SSSR count). The zero-order chi connectivity index (χ0) is 20.9. The Kier molecular flexibility index (Phi) is 6.38. The van der Waals surface area contributed by atoms with Crippen molar-refractivity contribution in [3.8, 4) is 11.3 Å². The van der Waals surface area contributed by atoms with Gasteiger partial charge in [-0.2, -0.15) is 0 Å². The van der Waals surface area contributed by atoms with Gasteiger partial charge in [0.25, 0.3) is 5.91 Å². The first-order valence-electron chi connectivity index (χ1n) is 10.5. The van der Waals surface area contributed by atoms with Gasteiger partial charge in [-0.1, -0.05) is 18.6 Å². The van der Waals surface area contributed by atoms with Gasteiger partial charge in [0.1, 0.15) is 5.82 Å². The lowest BCUT2D eigenvalue weighted by atomic mass is 9.84. The Labute approximate surface area is 175 Å². The van der Waals surface area contributed by atoms with Gasteiger partial charge in [0.2, 0.25) is 5.91 Å². The Morgan fingerprint density at radius 2 is 1.97 bits per heavy atom. The van der Waals surface area contributed by atoms with Crippen LogP contribution in [-0.2, 0) is 9.53 Å². The molecule has 1 aromatic heterocycles. The molecule has 1 N–H and O–H groups in total. The lowest BCUT2D eigenvalue weighted by Gasteiger charge is -2.34. The third-order valence-electron chi connectivity index (χ3n) is 5.83. The molecule has 1 aliphatic carbocycles. The van der Waals surface area contributed by atoms with Crippen LogP contribution in [0.2, 0.25) is 0 Å². The van der Waals surface area contributed by atoms with Crippen molar-refractivity contribution in [3.05, 3.63) is 54.0 Å². The van der Waals surface area contributed by atoms with Gasteiger partial charge in [0, 0.05) is 36.8 Å². The maximum absolute atomic E-state index is 13.4. The molecular weight excluding hydrogens is 385 g/mol. The highest BCUT2D eigenvalue weighted by atomic mass is 19.1. The van der Waals surface area contributed by atoms with Gasteiger partial charge in [-0.05, 0) is 43.5 Å². The first-order chi connectivity index (χ1) is 14.6. The number of morpholine rings is 1. The van der Waals surface area contributed by atoms with Gasteiger partial charge < -0.3 is 15.0 Å². The van der Waals surface area contributed by atoms with E-state index < -0.39 is 0 Å². The van der Waals surface area contributed by atoms with Crippen LogP contribution in [0.15, 0.2) is 42.6 Å². The molecule has 2 atom stereocenters. The molecule has 1 aromatic carbocycles. The summed E-state index contributed by atoms with van der Waals surface area (Å²) in [4.78, 5) is 31.6. The summed E-state index contributed by atoms with van der Waals surface area (Å²) in [6.45, 7) is 2.49. The van der Waals surface area contributed by atoms with E-state index in [1.54, 1.807) is 24.3 Å². The van der Waals surface area contributed by atoms with E-state index in [4.69, 9.17) is 4.74 Å². The summed E-state index contributed by atoms with van der Waals surface area (Å²) < 4.78 is 18.7. The summed E-state index contributed by atoms with van der Waals surface area (Å²) in [5, 5.41) is 3.06. The number of benzene rings is 1. The minimum atomic E-state index is -0.324. The van der Waals surface area contributed by atoms with E-state index in [2.05, 4.69) is 10.3 Å². The molecule has 2 heterocycles. The number of halogens is 1. The highest BCUT2D eigenvalue weighted by molar-refractivity contribution is 5.94. The molecule has 1 unspecified atom stereocenters. The van der Waals surface area contributed by atoms with Crippen molar-refractivity contribution < 1.29 is 18.7 Å². The molecule has 1 saturated carbocycles. The van der Waals surface area contributed by atoms with Crippen LogP contribution in [0, 0.1) is 11.7 Å². The number of aromatic nitrogens is 1. The average molecular weight is 411 g/mol. The van der Waals surface area contributed by atoms with Crippen LogP contribution in [0.4, 0.5) is 4.39 Å². The lowest BCUT2D eigenvalue weighted by Crippen LogP contribution is -2.47. The van der Waals surface area contributed by atoms with Crippen molar-refractivity contribution in [2.45, 2.75) is 31.7 Å². The summed E-state index contributed by atoms with van der Waals surface area (Å²) >= 11 is 0. The monoisotopic (exact) mass is 411 g/mol. The molecule has 0 radical (unpaired) electrons. The van der Waals surface area contributed by atoms with Crippen molar-refractivity contribution in [1.82, 2.24) is 15.2 Å². The number of carbonyl (C=O) groups is 2. The van der Waals surface area contributed by atoms with Crippen molar-refractivity contribution in [1.29, 1.82) is 0 Å². The number of hydrogen-bond donors (Lipinski definition) is 1. The quantitative estimate of drug-likeness (QED) is 0.840. The number of carbonyl (C=O) groups excluding carboxylic acids is 2. The highest BCUT2D eigenvalue weighted by Crippen LogP contribution is 2.27. The normalized spacial score (nSPS) is 21.8. The second kappa shape index (κ2) is 9.34. The number of hydrogen-bond acceptors (Lipinski definition) is 4. The largest absolute Gasteiger partial charge is 0.378 e. The molecule has 1 aliphatic heterocycles. The molecule has 0 bridgehead atoms. The third kappa shape index (κ3) is 4.84. The Bertz CT molecular complexity index is 897. The van der Waals surface area contributed by atoms with Crippen LogP contribution in [-0.4, -0.2) is 54.0 Å². The fraction of sp³-hybridized carbons (Fsp3) is 0.435. The minimum Gasteiger partial charge on any atom is -0.378 e. The number of ether oxygens (including phenoxy) is 1. The molecule has 0 spiro atoms. The summed E-state index contributed by atoms with van der Waals surface area (Å²) in [6.07, 6.45) is 4.83. The number of nitrogens with zero attached hydrogens (tertiary/aromatic N) is 2. The van der Waals surface area contributed by atoms with Gasteiger partial charge >= 0.3 is 0 Å². The Balaban J connectivity index is 1.35. The fourth-order valence-corrected chi connectivity index (χ4v) is 4.20. The molecule has 7 heteroatoms. The van der Waals surface area contributed by atoms with Crippen LogP contribution in [0.5, 0.6) is 0 Å². The number of nitrogens with one attached hydrogen (secondary N) is 1. The van der Waals surface area contributed by atoms with Gasteiger partial charge in [-0.25, -0.2) is 4.39 Å². The van der Waals surface area contributed by atoms with Gasteiger partial charge in [-0.3, -0.25) is 14.6 Å². The molecule has 2 fully saturated rings. The molecule has 2 amide bonds. The zero-order valence-electron chi connectivity index (χ0n) is 16.9. The molecule has 158 valence electrons. The van der Waals surface area contributed by atoms with Crippen molar-refractivity contribution in [2.24, 2.45) is 5.92 Å². The lowest BCUT2D eigenvalue weighted by molar-refractivity contribution is -0.140. The molecule has 2 aromatic rings. The van der Waals surface area contributed by atoms with Gasteiger partial charge in [0.05, 0.1) is 24.5 Å². The molecule has 30 heavy (non-hydrogen) atoms. The van der Waals surface area contributed by atoms with E-state index in [-0.39, 0.29) is 29.6 Å². The first kappa shape index (κ1) is 20.5. The van der Waals surface area contributed by atoms with E-state index in [0.29, 0.717) is 49.5 Å². The Morgan fingerprint density at radius 1 is 1.13 bits per heavy atom. The maximum Gasteiger partial charge on any atom is 0.253 e. The topological polar surface area (TPSA) is 71.5 Å². The van der Waals surface area contributed by atoms with E-state index in [9.17, 15) is 14.0 Å². The Hall–Kier alpha value is -2.80. The van der Waals surface area contributed by atoms with Crippen molar-refractivity contribution in [2.75, 3.05) is 26.3 Å². The van der Waals surface area contributed by atoms with Crippen molar-refractivity contribution >= 4 is 11.8 Å². The molecule has 1 saturated heterocycles. The standard InChI is InChI=1S/C23H26FN3O3/c24-19-5-1-3-16(13-19)21-8-7-18(15-25-21)22(28)26-20-6-2-4-17(14-20)23(29)27-9-11-30-12-10-27/h1,3,5,7-8,13,15,17,20H,2,4,6,9-12,14H2,(H,26,28)/t17-,20?/m1/s1. The van der Waals surface area contributed by atoms with Crippen LogP contribution < -0.4 is 5.32 Å². The molecule has 2 aliphatic rings. The summed E-state index contributed by atoms with van der Waals surface area (Å²) in [5.74, 6) is -0.388. The van der Waals surface area contributed by atoms with E-state index >= 15 is 0 Å². The van der Waals surface area contributed by atoms with Crippen LogP contribution in [0.25, 0.3) is 11.3 Å². The smallest absolute Gasteiger partial charge is 0.253 e. The highest BCUT2D eigenvalue weighted by Gasteiger charge is 2.31. The molecular formula is C23H26FN3O3. The predicted molar refractivity (Wildman–Crippen MR) is 110 cm³/mol. The molecule has 6 nitrogen and oxygen atoms in total. The number of amides is 2. The van der Waals surface area contributed by atoms with Crippen LogP contribution >= 0.6 is 0 Å². The SMILES string of the molecule is O=C(NC1CCC[C@@H](C(=O)N2CCOCC2)C1)c1ccc(-c2cccc(F)c2)nc1. The average Bonchev–Trinajstić information content (AvgIpc) is 2.79. The predicted octanol–water partition coefficient (Wildman–Crippen LogP) is 3.04. The Morgan fingerprint density at radius 3 is 2.70 bits per heavy atom. The fourth-order valence-electron chi connectivity index (χ4n) is 4.20. The summed E-state index contributed by atoms with van der Waals surface area (Å²) in [6, 6.07) is 9.59. The first-order valence-corrected chi connectivity index (χ1v) is 10.5. The third-order valence-corrected chi connectivity index (χ3v) is 5.83. The van der Waals surface area contributed by atoms with Crippen molar-refractivity contribution in [3.63, 3.8) is 0 Å². The van der Waals surface area contributed by atoms with E-state index in [1.807, 2.05) is 4.90 Å². The van der Waals surface area contributed by atoms with E-state index in [1.165, 1.54) is 18.3 Å². The number of pyridine rings is 1. The van der Waals surface area contributed by atoms with E-state index in [0.717, 1.165) is 19.3 Å². The number of rotatable bonds is 4. The second-order valence-electron chi connectivity index (χ2n) is 7.91. The minimum absolute atomic E-state index is 0.0239. The second-order valence-corrected chi connectivity index (χ2v) is 7.91. The van der Waals surface area contributed by atoms with Crippen LogP contribution in [0.3, 0.4) is 0 Å². The maximum atomic E-state index is 13.4.